The molecule has 5 aliphatic rings. The predicted molar refractivity (Wildman–Crippen MR) is 137 cm³/mol. The van der Waals surface area contributed by atoms with Crippen molar-refractivity contribution in [2.45, 2.75) is 81.5 Å². The van der Waals surface area contributed by atoms with Crippen molar-refractivity contribution in [3.05, 3.63) is 76.5 Å². The minimum atomic E-state index is -2.57. The van der Waals surface area contributed by atoms with Gasteiger partial charge in [-0.25, -0.2) is 0 Å². The highest BCUT2D eigenvalue weighted by molar-refractivity contribution is 5.83. The Hall–Kier alpha value is -1.94. The smallest absolute Gasteiger partial charge is 0.0975 e. The maximum Gasteiger partial charge on any atom is 0.0975 e. The summed E-state index contributed by atoms with van der Waals surface area (Å²) in [6, 6.07) is 15.1. The molecule has 178 valence electrons. The van der Waals surface area contributed by atoms with E-state index in [2.05, 4.69) is 61.5 Å². The van der Waals surface area contributed by atoms with Crippen LogP contribution in [0.25, 0.3) is 10.8 Å². The summed E-state index contributed by atoms with van der Waals surface area (Å²) >= 11 is 0. The Labute approximate surface area is 207 Å². The lowest BCUT2D eigenvalue weighted by molar-refractivity contribution is -0.869. The standard InChI is InChI=1S/C31H37NO2/c1-29-15-14-25-19-24-10-11-26(32(2,3)33)20-30(24)16-17-31(25,34-30)28(29)13-12-27(29)23-9-8-21-6-4-5-7-22(21)18-23/h4-9,14,18-19,26-28H,10-13,15-17,20H2,1-3H3/t26-,27-,28-,29-,30-,31-/m1/s1/i2D3/t26-,27-,28-,29-,30-,31-,32?. The number of hydrogen-bond donors (Lipinski definition) is 0. The fourth-order valence-corrected chi connectivity index (χ4v) is 8.78. The first-order valence-electron chi connectivity index (χ1n) is 14.7. The van der Waals surface area contributed by atoms with E-state index >= 15 is 0 Å². The first-order valence-corrected chi connectivity index (χ1v) is 13.2. The van der Waals surface area contributed by atoms with E-state index in [1.54, 1.807) is 0 Å². The number of benzene rings is 2. The number of allylic oxidation sites excluding steroid dienone is 1. The van der Waals surface area contributed by atoms with Crippen LogP contribution >= 0.6 is 0 Å². The number of rotatable bonds is 2. The highest BCUT2D eigenvalue weighted by Gasteiger charge is 2.67. The largest absolute Gasteiger partial charge is 0.633 e. The van der Waals surface area contributed by atoms with Crippen molar-refractivity contribution in [1.82, 2.24) is 0 Å². The third-order valence-corrected chi connectivity index (χ3v) is 10.5. The zero-order valence-corrected chi connectivity index (χ0v) is 20.3. The van der Waals surface area contributed by atoms with Crippen LogP contribution in [0, 0.1) is 16.5 Å². The minimum absolute atomic E-state index is 0.110. The van der Waals surface area contributed by atoms with Gasteiger partial charge < -0.3 is 14.6 Å². The average Bonchev–Trinajstić information content (AvgIpc) is 3.37. The molecule has 7 atom stereocenters. The van der Waals surface area contributed by atoms with Gasteiger partial charge in [0.25, 0.3) is 0 Å². The van der Waals surface area contributed by atoms with Crippen LogP contribution in [-0.4, -0.2) is 35.9 Å². The summed E-state index contributed by atoms with van der Waals surface area (Å²) < 4.78 is 29.8. The van der Waals surface area contributed by atoms with Crippen molar-refractivity contribution in [1.29, 1.82) is 0 Å². The molecule has 0 aromatic heterocycles. The van der Waals surface area contributed by atoms with Crippen molar-refractivity contribution >= 4 is 10.8 Å². The minimum Gasteiger partial charge on any atom is -0.633 e. The van der Waals surface area contributed by atoms with Crippen LogP contribution in [0.15, 0.2) is 65.8 Å². The molecule has 1 saturated heterocycles. The lowest BCUT2D eigenvalue weighted by Gasteiger charge is -2.55. The van der Waals surface area contributed by atoms with Crippen molar-refractivity contribution in [3.8, 4) is 0 Å². The average molecular weight is 459 g/mol. The van der Waals surface area contributed by atoms with E-state index in [0.29, 0.717) is 24.7 Å². The number of ether oxygens (including phenoxy) is 1. The molecule has 2 heterocycles. The summed E-state index contributed by atoms with van der Waals surface area (Å²) in [5.74, 6) is 0.904. The van der Waals surface area contributed by atoms with Crippen molar-refractivity contribution < 1.29 is 13.5 Å². The van der Waals surface area contributed by atoms with Crippen LogP contribution in [-0.2, 0) is 4.74 Å². The van der Waals surface area contributed by atoms with Gasteiger partial charge in [0.2, 0.25) is 0 Å². The molecular formula is C31H37NO2. The summed E-state index contributed by atoms with van der Waals surface area (Å²) in [5, 5.41) is 15.9. The third-order valence-electron chi connectivity index (χ3n) is 10.5. The van der Waals surface area contributed by atoms with Crippen molar-refractivity contribution in [2.75, 3.05) is 14.0 Å². The van der Waals surface area contributed by atoms with Crippen molar-refractivity contribution in [3.63, 3.8) is 0 Å². The zero-order valence-electron chi connectivity index (χ0n) is 23.3. The van der Waals surface area contributed by atoms with Gasteiger partial charge in [-0.05, 0) is 83.3 Å². The number of nitrogens with zero attached hydrogens (tertiary/aromatic N) is 1. The molecule has 0 amide bonds. The molecule has 3 aliphatic carbocycles. The molecule has 2 aromatic carbocycles. The van der Waals surface area contributed by atoms with Crippen LogP contribution in [0.3, 0.4) is 0 Å². The summed E-state index contributed by atoms with van der Waals surface area (Å²) in [5.41, 5.74) is 3.41. The summed E-state index contributed by atoms with van der Waals surface area (Å²) in [7, 11) is 1.34. The van der Waals surface area contributed by atoms with Gasteiger partial charge in [0.05, 0.1) is 35.4 Å². The van der Waals surface area contributed by atoms with E-state index in [0.717, 1.165) is 38.5 Å². The molecular weight excluding hydrogens is 418 g/mol. The van der Waals surface area contributed by atoms with E-state index < -0.39 is 23.3 Å². The maximum atomic E-state index is 13.3. The van der Waals surface area contributed by atoms with Gasteiger partial charge in [-0.2, -0.15) is 0 Å². The molecule has 3 nitrogen and oxygen atoms in total. The van der Waals surface area contributed by atoms with Crippen molar-refractivity contribution in [2.24, 2.45) is 11.3 Å². The number of fused-ring (bicyclic) bond motifs is 2. The molecule has 3 heteroatoms. The molecule has 34 heavy (non-hydrogen) atoms. The van der Waals surface area contributed by atoms with Crippen LogP contribution in [0.4, 0.5) is 0 Å². The summed E-state index contributed by atoms with van der Waals surface area (Å²) in [6.45, 7) is -0.0927. The monoisotopic (exact) mass is 458 g/mol. The highest BCUT2D eigenvalue weighted by Crippen LogP contribution is 2.69. The molecule has 2 aliphatic heterocycles. The fourth-order valence-electron chi connectivity index (χ4n) is 8.78. The van der Waals surface area contributed by atoms with Gasteiger partial charge in [0.15, 0.2) is 0 Å². The quantitative estimate of drug-likeness (QED) is 0.358. The van der Waals surface area contributed by atoms with Crippen LogP contribution in [0.2, 0.25) is 0 Å². The molecule has 2 saturated carbocycles. The van der Waals surface area contributed by atoms with Gasteiger partial charge in [0.1, 0.15) is 0 Å². The predicted octanol–water partition coefficient (Wildman–Crippen LogP) is 7.02. The normalized spacial score (nSPS) is 44.0. The molecule has 2 bridgehead atoms. The fraction of sp³-hybridized carbons (Fsp3) is 0.548. The molecule has 2 spiro atoms. The Morgan fingerprint density at radius 2 is 1.94 bits per heavy atom. The second-order valence-electron chi connectivity index (χ2n) is 12.2. The summed E-state index contributed by atoms with van der Waals surface area (Å²) in [4.78, 5) is 0. The van der Waals surface area contributed by atoms with Gasteiger partial charge >= 0.3 is 0 Å². The third kappa shape index (κ3) is 2.75. The number of hydroxylamine groups is 3. The van der Waals surface area contributed by atoms with Crippen LogP contribution < -0.4 is 0 Å². The van der Waals surface area contributed by atoms with E-state index in [-0.39, 0.29) is 11.0 Å². The van der Waals surface area contributed by atoms with Gasteiger partial charge in [0, 0.05) is 12.8 Å². The second-order valence-corrected chi connectivity index (χ2v) is 12.2. The Morgan fingerprint density at radius 1 is 1.09 bits per heavy atom. The first-order chi connectivity index (χ1) is 17.5. The first kappa shape index (κ1) is 18.3. The second kappa shape index (κ2) is 6.84. The Kier molecular flexibility index (Phi) is 3.69. The van der Waals surface area contributed by atoms with Gasteiger partial charge in [-0.3, -0.25) is 0 Å². The lowest BCUT2D eigenvalue weighted by Crippen LogP contribution is -2.56. The van der Waals surface area contributed by atoms with Gasteiger partial charge in [-0.1, -0.05) is 61.5 Å². The lowest BCUT2D eigenvalue weighted by atomic mass is 9.58. The van der Waals surface area contributed by atoms with E-state index in [9.17, 15) is 5.21 Å². The molecule has 1 unspecified atom stereocenters. The maximum absolute atomic E-state index is 13.3. The Balaban J connectivity index is 1.24. The molecule has 7 rings (SSSR count). The molecule has 3 fully saturated rings. The number of quaternary nitrogens is 1. The molecule has 0 radical (unpaired) electrons. The zero-order chi connectivity index (χ0) is 25.8. The molecule has 0 N–H and O–H groups in total. The topological polar surface area (TPSA) is 32.3 Å². The highest BCUT2D eigenvalue weighted by atomic mass is 16.5. The Morgan fingerprint density at radius 3 is 2.79 bits per heavy atom. The molecule has 2 aromatic rings. The van der Waals surface area contributed by atoms with Crippen LogP contribution in [0.5, 0.6) is 0 Å². The number of hydrogen-bond acceptors (Lipinski definition) is 2. The SMILES string of the molecule is [2H]C([2H])([2H])[N+](C)([O-])[C@@H]1CCC2=CC3=CC[C@]4(C)[C@@H](c5ccc6ccccc6c5)CC[C@H]4[C@@]34CC[C@]2(C1)O4. The van der Waals surface area contributed by atoms with E-state index in [1.807, 2.05) is 0 Å². The Bertz CT molecular complexity index is 1350. The van der Waals surface area contributed by atoms with E-state index in [1.165, 1.54) is 34.5 Å². The summed E-state index contributed by atoms with van der Waals surface area (Å²) in [6.07, 6.45) is 12.0. The van der Waals surface area contributed by atoms with E-state index in [4.69, 9.17) is 8.85 Å². The van der Waals surface area contributed by atoms with Gasteiger partial charge in [-0.15, -0.1) is 0 Å². The van der Waals surface area contributed by atoms with Crippen LogP contribution in [0.1, 0.15) is 73.9 Å².